The van der Waals surface area contributed by atoms with Crippen molar-refractivity contribution < 1.29 is 14.3 Å². The fourth-order valence-electron chi connectivity index (χ4n) is 2.49. The Bertz CT molecular complexity index is 975. The van der Waals surface area contributed by atoms with Crippen LogP contribution in [0, 0.1) is 0 Å². The summed E-state index contributed by atoms with van der Waals surface area (Å²) in [5, 5.41) is 5.59. The molecule has 3 rings (SSSR count). The van der Waals surface area contributed by atoms with Crippen molar-refractivity contribution in [2.45, 2.75) is 0 Å². The van der Waals surface area contributed by atoms with Crippen LogP contribution in [0.15, 0.2) is 84.9 Å². The molecule has 0 heterocycles. The molecular weight excluding hydrogens is 372 g/mol. The maximum Gasteiger partial charge on any atom is 0.264 e. The summed E-state index contributed by atoms with van der Waals surface area (Å²) < 4.78 is 5.37. The average molecular weight is 390 g/mol. The minimum absolute atomic E-state index is 0.0875. The van der Waals surface area contributed by atoms with E-state index in [-0.39, 0.29) is 23.4 Å². The second kappa shape index (κ2) is 9.43. The number of rotatable bonds is 6. The number of amides is 1. The number of carbonyl (C=O) groups excluding carboxylic acids is 2. The van der Waals surface area contributed by atoms with Crippen molar-refractivity contribution in [3.63, 3.8) is 0 Å². The van der Waals surface area contributed by atoms with Crippen LogP contribution in [0.5, 0.6) is 5.75 Å². The summed E-state index contributed by atoms with van der Waals surface area (Å²) in [6, 6.07) is 25.0. The van der Waals surface area contributed by atoms with Crippen molar-refractivity contribution in [2.24, 2.45) is 0 Å². The molecule has 28 heavy (non-hydrogen) atoms. The monoisotopic (exact) mass is 390 g/mol. The molecule has 0 saturated heterocycles. The summed E-state index contributed by atoms with van der Waals surface area (Å²) in [6.07, 6.45) is 0. The Morgan fingerprint density at radius 2 is 1.46 bits per heavy atom. The van der Waals surface area contributed by atoms with Crippen molar-refractivity contribution >= 4 is 34.7 Å². The Hall–Kier alpha value is -3.51. The largest absolute Gasteiger partial charge is 0.484 e. The molecule has 6 heteroatoms. The first kappa shape index (κ1) is 19.3. The highest BCUT2D eigenvalue weighted by Crippen LogP contribution is 2.15. The van der Waals surface area contributed by atoms with Gasteiger partial charge in [-0.15, -0.1) is 0 Å². The minimum Gasteiger partial charge on any atom is -0.484 e. The number of hydrogen-bond acceptors (Lipinski definition) is 4. The fraction of sp³-hybridized carbons (Fsp3) is 0.0455. The third-order valence-electron chi connectivity index (χ3n) is 3.78. The maximum atomic E-state index is 12.5. The predicted octanol–water partition coefficient (Wildman–Crippen LogP) is 3.81. The molecule has 1 amide bonds. The third-order valence-corrected chi connectivity index (χ3v) is 3.99. The molecule has 0 bridgehead atoms. The molecule has 0 atom stereocenters. The summed E-state index contributed by atoms with van der Waals surface area (Å²) in [6.45, 7) is -0.154. The lowest BCUT2D eigenvalue weighted by Crippen LogP contribution is -2.37. The number of carbonyl (C=O) groups is 2. The first-order chi connectivity index (χ1) is 13.6. The number of ketones is 1. The molecule has 0 aliphatic carbocycles. The van der Waals surface area contributed by atoms with Gasteiger partial charge < -0.3 is 10.1 Å². The summed E-state index contributed by atoms with van der Waals surface area (Å²) in [5.74, 6) is 0.136. The molecule has 0 spiro atoms. The highest BCUT2D eigenvalue weighted by Gasteiger charge is 2.10. The highest BCUT2D eigenvalue weighted by atomic mass is 32.1. The minimum atomic E-state index is -0.377. The molecule has 0 aromatic heterocycles. The van der Waals surface area contributed by atoms with Gasteiger partial charge in [0.2, 0.25) is 0 Å². The molecule has 3 aromatic rings. The van der Waals surface area contributed by atoms with Crippen molar-refractivity contribution in [3.05, 3.63) is 96.1 Å². The highest BCUT2D eigenvalue weighted by molar-refractivity contribution is 7.80. The number of para-hydroxylation sites is 1. The second-order valence-electron chi connectivity index (χ2n) is 5.88. The quantitative estimate of drug-likeness (QED) is 0.495. The van der Waals surface area contributed by atoms with Gasteiger partial charge in [0, 0.05) is 16.8 Å². The molecule has 2 N–H and O–H groups in total. The zero-order chi connectivity index (χ0) is 19.8. The first-order valence-electron chi connectivity index (χ1n) is 8.60. The van der Waals surface area contributed by atoms with E-state index in [1.165, 1.54) is 0 Å². The number of nitrogens with one attached hydrogen (secondary N) is 2. The Balaban J connectivity index is 1.55. The van der Waals surface area contributed by atoms with Crippen molar-refractivity contribution in [1.82, 2.24) is 5.32 Å². The van der Waals surface area contributed by atoms with Gasteiger partial charge >= 0.3 is 0 Å². The van der Waals surface area contributed by atoms with Crippen LogP contribution in [0.3, 0.4) is 0 Å². The van der Waals surface area contributed by atoms with E-state index in [0.717, 1.165) is 0 Å². The molecule has 0 aliphatic heterocycles. The molecule has 0 unspecified atom stereocenters. The van der Waals surface area contributed by atoms with Gasteiger partial charge in [-0.1, -0.05) is 60.7 Å². The van der Waals surface area contributed by atoms with Crippen molar-refractivity contribution in [2.75, 3.05) is 11.9 Å². The van der Waals surface area contributed by atoms with Crippen LogP contribution < -0.4 is 15.4 Å². The van der Waals surface area contributed by atoms with Crippen molar-refractivity contribution in [1.29, 1.82) is 0 Å². The lowest BCUT2D eigenvalue weighted by Gasteiger charge is -2.11. The van der Waals surface area contributed by atoms with E-state index in [9.17, 15) is 9.59 Å². The lowest BCUT2D eigenvalue weighted by molar-refractivity contribution is -0.121. The van der Waals surface area contributed by atoms with Gasteiger partial charge in [-0.25, -0.2) is 0 Å². The van der Waals surface area contributed by atoms with Gasteiger partial charge in [-0.05, 0) is 36.5 Å². The number of hydrogen-bond donors (Lipinski definition) is 2. The Morgan fingerprint density at radius 1 is 0.821 bits per heavy atom. The van der Waals surface area contributed by atoms with Crippen LogP contribution >= 0.6 is 12.2 Å². The van der Waals surface area contributed by atoms with Gasteiger partial charge in [-0.2, -0.15) is 0 Å². The summed E-state index contributed by atoms with van der Waals surface area (Å²) in [5.41, 5.74) is 1.74. The molecule has 140 valence electrons. The van der Waals surface area contributed by atoms with Gasteiger partial charge in [-0.3, -0.25) is 14.9 Å². The fourth-order valence-corrected chi connectivity index (χ4v) is 2.72. The summed E-state index contributed by atoms with van der Waals surface area (Å²) >= 11 is 5.16. The van der Waals surface area contributed by atoms with E-state index in [1.807, 2.05) is 36.4 Å². The smallest absolute Gasteiger partial charge is 0.264 e. The maximum absolute atomic E-state index is 12.5. The summed E-state index contributed by atoms with van der Waals surface area (Å²) in [4.78, 5) is 24.5. The molecule has 0 aliphatic rings. The molecule has 0 radical (unpaired) electrons. The topological polar surface area (TPSA) is 67.4 Å². The molecule has 3 aromatic carbocycles. The third kappa shape index (κ3) is 5.49. The first-order valence-corrected chi connectivity index (χ1v) is 9.01. The zero-order valence-corrected chi connectivity index (χ0v) is 15.7. The van der Waals surface area contributed by atoms with Gasteiger partial charge in [0.1, 0.15) is 5.75 Å². The van der Waals surface area contributed by atoms with Gasteiger partial charge in [0.15, 0.2) is 17.5 Å². The van der Waals surface area contributed by atoms with Crippen LogP contribution in [0.2, 0.25) is 0 Å². The molecule has 0 saturated carbocycles. The van der Waals surface area contributed by atoms with Crippen LogP contribution in [0.1, 0.15) is 15.9 Å². The van der Waals surface area contributed by atoms with E-state index in [4.69, 9.17) is 17.0 Å². The Morgan fingerprint density at radius 3 is 2.18 bits per heavy atom. The van der Waals surface area contributed by atoms with Gasteiger partial charge in [0.05, 0.1) is 0 Å². The Kier molecular flexibility index (Phi) is 6.49. The number of benzene rings is 3. The second-order valence-corrected chi connectivity index (χ2v) is 6.29. The van der Waals surface area contributed by atoms with Crippen LogP contribution in [-0.4, -0.2) is 23.4 Å². The molecule has 5 nitrogen and oxygen atoms in total. The number of thiocarbonyl (C=S) groups is 1. The molecule has 0 fully saturated rings. The van der Waals surface area contributed by atoms with Gasteiger partial charge in [0.25, 0.3) is 5.91 Å². The van der Waals surface area contributed by atoms with Crippen molar-refractivity contribution in [3.8, 4) is 5.75 Å². The SMILES string of the molecule is O=C(COc1ccccc1)NC(=S)Nc1cccc(C(=O)c2ccccc2)c1. The van der Waals surface area contributed by atoms with E-state index >= 15 is 0 Å². The zero-order valence-electron chi connectivity index (χ0n) is 14.9. The van der Waals surface area contributed by atoms with Crippen LogP contribution in [-0.2, 0) is 4.79 Å². The van der Waals surface area contributed by atoms with E-state index in [2.05, 4.69) is 10.6 Å². The standard InChI is InChI=1S/C22H18N2O3S/c25-20(15-27-19-12-5-2-6-13-19)24-22(28)23-18-11-7-10-17(14-18)21(26)16-8-3-1-4-9-16/h1-14H,15H2,(H2,23,24,25,28). The predicted molar refractivity (Wildman–Crippen MR) is 113 cm³/mol. The van der Waals surface area contributed by atoms with E-state index in [1.54, 1.807) is 48.5 Å². The average Bonchev–Trinajstić information content (AvgIpc) is 2.73. The number of ether oxygens (including phenoxy) is 1. The van der Waals surface area contributed by atoms with E-state index in [0.29, 0.717) is 22.6 Å². The van der Waals surface area contributed by atoms with E-state index < -0.39 is 0 Å². The Labute approximate surface area is 168 Å². The van der Waals surface area contributed by atoms with Crippen LogP contribution in [0.25, 0.3) is 0 Å². The number of anilines is 1. The van der Waals surface area contributed by atoms with Crippen LogP contribution in [0.4, 0.5) is 5.69 Å². The summed E-state index contributed by atoms with van der Waals surface area (Å²) in [7, 11) is 0. The molecular formula is C22H18N2O3S. The normalized spacial score (nSPS) is 10.0. The lowest BCUT2D eigenvalue weighted by atomic mass is 10.0.